The van der Waals surface area contributed by atoms with E-state index in [-0.39, 0.29) is 16.5 Å². The van der Waals surface area contributed by atoms with Crippen LogP contribution in [0.3, 0.4) is 0 Å². The number of ether oxygens (including phenoxy) is 1. The van der Waals surface area contributed by atoms with Crippen molar-refractivity contribution in [3.05, 3.63) is 140 Å². The number of ketones is 1. The summed E-state index contributed by atoms with van der Waals surface area (Å²) >= 11 is 14.9. The summed E-state index contributed by atoms with van der Waals surface area (Å²) in [5, 5.41) is 21.3. The van der Waals surface area contributed by atoms with Crippen LogP contribution in [-0.4, -0.2) is 27.0 Å². The van der Waals surface area contributed by atoms with Crippen LogP contribution in [0.1, 0.15) is 33.9 Å². The highest BCUT2D eigenvalue weighted by Gasteiger charge is 2.48. The molecule has 1 unspecified atom stereocenters. The van der Waals surface area contributed by atoms with Crippen molar-refractivity contribution in [3.8, 4) is 5.75 Å². The van der Waals surface area contributed by atoms with Crippen LogP contribution in [0.5, 0.6) is 5.75 Å². The van der Waals surface area contributed by atoms with E-state index in [1.165, 1.54) is 28.0 Å². The van der Waals surface area contributed by atoms with E-state index in [1.807, 2.05) is 55.5 Å². The number of rotatable bonds is 9. The molecule has 1 atom stereocenters. The maximum atomic E-state index is 13.5. The van der Waals surface area contributed by atoms with Crippen LogP contribution < -0.4 is 9.64 Å². The second-order valence-corrected chi connectivity index (χ2v) is 13.2. The van der Waals surface area contributed by atoms with Crippen molar-refractivity contribution in [2.45, 2.75) is 29.7 Å². The van der Waals surface area contributed by atoms with E-state index in [9.17, 15) is 14.7 Å². The maximum absolute atomic E-state index is 13.5. The molecule has 0 bridgehead atoms. The van der Waals surface area contributed by atoms with Crippen LogP contribution in [0.25, 0.3) is 5.76 Å². The van der Waals surface area contributed by atoms with Gasteiger partial charge < -0.3 is 9.84 Å². The van der Waals surface area contributed by atoms with Gasteiger partial charge in [0.1, 0.15) is 18.1 Å². The minimum absolute atomic E-state index is 0.0304. The van der Waals surface area contributed by atoms with E-state index in [1.54, 1.807) is 48.5 Å². The van der Waals surface area contributed by atoms with E-state index in [0.29, 0.717) is 43.6 Å². The van der Waals surface area contributed by atoms with Gasteiger partial charge in [-0.3, -0.25) is 14.5 Å². The third kappa shape index (κ3) is 6.62. The normalized spacial score (nSPS) is 15.9. The Morgan fingerprint density at radius 2 is 1.67 bits per heavy atom. The Kier molecular flexibility index (Phi) is 9.23. The molecule has 1 N–H and O–H groups in total. The Balaban J connectivity index is 1.28. The predicted molar refractivity (Wildman–Crippen MR) is 179 cm³/mol. The number of aliphatic hydroxyl groups is 1. The quantitative estimate of drug-likeness (QED) is 0.0550. The molecule has 0 saturated carbocycles. The summed E-state index contributed by atoms with van der Waals surface area (Å²) in [6.07, 6.45) is 0. The molecule has 1 saturated heterocycles. The smallest absolute Gasteiger partial charge is 0.301 e. The monoisotopic (exact) mass is 673 g/mol. The van der Waals surface area contributed by atoms with E-state index >= 15 is 0 Å². The molecule has 1 aliphatic heterocycles. The Bertz CT molecular complexity index is 1910. The minimum Gasteiger partial charge on any atom is -0.507 e. The Morgan fingerprint density at radius 3 is 2.40 bits per heavy atom. The first kappa shape index (κ1) is 30.9. The summed E-state index contributed by atoms with van der Waals surface area (Å²) < 4.78 is 6.53. The standard InChI is InChI=1S/C34H25Cl2N3O4S2/c1-20-7-5-6-10-23(20)18-43-26-15-12-22(13-16-26)30(40)28-29(21-8-3-2-4-9-21)39(32(42)31(28)41)33-37-38-34(45-33)44-19-24-11-14-25(35)17-27(24)36/h2-17,29,40H,18-19H2,1H3. The third-order valence-corrected chi connectivity index (χ3v) is 10.0. The summed E-state index contributed by atoms with van der Waals surface area (Å²) in [6.45, 7) is 2.42. The van der Waals surface area contributed by atoms with Crippen molar-refractivity contribution in [2.75, 3.05) is 4.90 Å². The number of aliphatic hydroxyl groups excluding tert-OH is 1. The fourth-order valence-corrected chi connectivity index (χ4v) is 7.34. The van der Waals surface area contributed by atoms with Gasteiger partial charge in [-0.05, 0) is 65.6 Å². The highest BCUT2D eigenvalue weighted by molar-refractivity contribution is 8.00. The van der Waals surface area contributed by atoms with Crippen molar-refractivity contribution in [3.63, 3.8) is 0 Å². The molecular weight excluding hydrogens is 649 g/mol. The molecule has 6 rings (SSSR count). The lowest BCUT2D eigenvalue weighted by Gasteiger charge is -2.22. The Hall–Kier alpha value is -4.15. The van der Waals surface area contributed by atoms with Gasteiger partial charge in [0.25, 0.3) is 5.78 Å². The number of benzene rings is 4. The highest BCUT2D eigenvalue weighted by atomic mass is 35.5. The number of aryl methyl sites for hydroxylation is 1. The summed E-state index contributed by atoms with van der Waals surface area (Å²) in [6, 6.07) is 28.2. The molecule has 1 aromatic heterocycles. The average Bonchev–Trinajstić information content (AvgIpc) is 3.62. The minimum atomic E-state index is -0.903. The predicted octanol–water partition coefficient (Wildman–Crippen LogP) is 8.65. The van der Waals surface area contributed by atoms with Crippen LogP contribution in [-0.2, 0) is 21.9 Å². The molecule has 7 nitrogen and oxygen atoms in total. The number of Topliss-reactive ketones (excluding diaryl/α,β-unsaturated/α-hetero) is 1. The molecule has 1 aliphatic rings. The molecule has 4 aromatic carbocycles. The largest absolute Gasteiger partial charge is 0.507 e. The van der Waals surface area contributed by atoms with Gasteiger partial charge in [0.2, 0.25) is 5.13 Å². The number of halogens is 2. The number of carbonyl (C=O) groups excluding carboxylic acids is 2. The molecule has 1 amide bonds. The number of anilines is 1. The van der Waals surface area contributed by atoms with Crippen LogP contribution in [0.4, 0.5) is 5.13 Å². The number of thioether (sulfide) groups is 1. The van der Waals surface area contributed by atoms with Gasteiger partial charge in [-0.2, -0.15) is 0 Å². The Morgan fingerprint density at radius 1 is 0.933 bits per heavy atom. The van der Waals surface area contributed by atoms with Crippen molar-refractivity contribution in [2.24, 2.45) is 0 Å². The lowest BCUT2D eigenvalue weighted by molar-refractivity contribution is -0.132. The topological polar surface area (TPSA) is 92.6 Å². The molecule has 0 radical (unpaired) electrons. The zero-order valence-electron chi connectivity index (χ0n) is 23.8. The van der Waals surface area contributed by atoms with Crippen molar-refractivity contribution >= 4 is 68.9 Å². The van der Waals surface area contributed by atoms with Gasteiger partial charge in [0.15, 0.2) is 4.34 Å². The number of amides is 1. The molecule has 0 spiro atoms. The molecular formula is C34H25Cl2N3O4S2. The molecule has 5 aromatic rings. The number of hydrogen-bond acceptors (Lipinski definition) is 8. The average molecular weight is 675 g/mol. The van der Waals surface area contributed by atoms with Crippen LogP contribution in [0.2, 0.25) is 10.0 Å². The van der Waals surface area contributed by atoms with Gasteiger partial charge >= 0.3 is 5.91 Å². The fraction of sp³-hybridized carbons (Fsp3) is 0.118. The summed E-state index contributed by atoms with van der Waals surface area (Å²) in [5.74, 6) is -0.771. The highest BCUT2D eigenvalue weighted by Crippen LogP contribution is 2.44. The zero-order valence-corrected chi connectivity index (χ0v) is 27.0. The SMILES string of the molecule is Cc1ccccc1COc1ccc(C(O)=C2C(=O)C(=O)N(c3nnc(SCc4ccc(Cl)cc4Cl)s3)C2c2ccccc2)cc1. The molecule has 11 heteroatoms. The number of hydrogen-bond donors (Lipinski definition) is 1. The first-order valence-electron chi connectivity index (χ1n) is 13.8. The fourth-order valence-electron chi connectivity index (χ4n) is 4.91. The molecule has 226 valence electrons. The summed E-state index contributed by atoms with van der Waals surface area (Å²) in [5.41, 5.74) is 4.07. The van der Waals surface area contributed by atoms with Gasteiger partial charge in [0, 0.05) is 21.4 Å². The lowest BCUT2D eigenvalue weighted by Crippen LogP contribution is -2.29. The van der Waals surface area contributed by atoms with E-state index in [2.05, 4.69) is 10.2 Å². The maximum Gasteiger partial charge on any atom is 0.301 e. The molecule has 45 heavy (non-hydrogen) atoms. The van der Waals surface area contributed by atoms with E-state index < -0.39 is 17.7 Å². The van der Waals surface area contributed by atoms with Gasteiger partial charge in [0.05, 0.1) is 11.6 Å². The number of carbonyl (C=O) groups is 2. The van der Waals surface area contributed by atoms with Crippen molar-refractivity contribution in [1.29, 1.82) is 0 Å². The molecule has 1 fully saturated rings. The Labute approximate surface area is 278 Å². The van der Waals surface area contributed by atoms with Crippen LogP contribution in [0.15, 0.2) is 107 Å². The van der Waals surface area contributed by atoms with Crippen molar-refractivity contribution < 1.29 is 19.4 Å². The lowest BCUT2D eigenvalue weighted by atomic mass is 9.95. The molecule has 2 heterocycles. The van der Waals surface area contributed by atoms with Gasteiger partial charge in [-0.1, -0.05) is 107 Å². The first-order valence-corrected chi connectivity index (χ1v) is 16.4. The van der Waals surface area contributed by atoms with Gasteiger partial charge in [-0.15, -0.1) is 10.2 Å². The van der Waals surface area contributed by atoms with Crippen LogP contribution in [0, 0.1) is 6.92 Å². The number of nitrogens with zero attached hydrogens (tertiary/aromatic N) is 3. The van der Waals surface area contributed by atoms with Gasteiger partial charge in [-0.25, -0.2) is 0 Å². The summed E-state index contributed by atoms with van der Waals surface area (Å²) in [4.78, 5) is 28.3. The first-order chi connectivity index (χ1) is 21.8. The third-order valence-electron chi connectivity index (χ3n) is 7.31. The van der Waals surface area contributed by atoms with E-state index in [0.717, 1.165) is 16.7 Å². The van der Waals surface area contributed by atoms with E-state index in [4.69, 9.17) is 27.9 Å². The van der Waals surface area contributed by atoms with Crippen molar-refractivity contribution in [1.82, 2.24) is 10.2 Å². The van der Waals surface area contributed by atoms with Crippen LogP contribution >= 0.6 is 46.3 Å². The second kappa shape index (κ2) is 13.5. The number of aromatic nitrogens is 2. The second-order valence-electron chi connectivity index (χ2n) is 10.2. The molecule has 0 aliphatic carbocycles. The summed E-state index contributed by atoms with van der Waals surface area (Å²) in [7, 11) is 0. The zero-order chi connectivity index (χ0) is 31.5.